The fourth-order valence-electron chi connectivity index (χ4n) is 2.39. The van der Waals surface area contributed by atoms with Crippen molar-refractivity contribution in [3.05, 3.63) is 29.8 Å². The highest BCUT2D eigenvalue weighted by Gasteiger charge is 2.37. The number of aliphatic carboxylic acids is 1. The highest BCUT2D eigenvalue weighted by atomic mass is 16.5. The fraction of sp³-hybridized carbons (Fsp3) is 0.588. The maximum atomic E-state index is 11.4. The maximum absolute atomic E-state index is 11.4. The largest absolute Gasteiger partial charge is 0.494 e. The van der Waals surface area contributed by atoms with Gasteiger partial charge in [-0.2, -0.15) is 0 Å². The van der Waals surface area contributed by atoms with Crippen molar-refractivity contribution in [2.75, 3.05) is 6.61 Å². The molecule has 4 nitrogen and oxygen atoms in total. The van der Waals surface area contributed by atoms with Crippen LogP contribution < -0.4 is 10.1 Å². The van der Waals surface area contributed by atoms with E-state index in [-0.39, 0.29) is 0 Å². The number of hydrogen-bond donors (Lipinski definition) is 2. The van der Waals surface area contributed by atoms with E-state index >= 15 is 0 Å². The molecule has 1 saturated carbocycles. The number of hydrogen-bond acceptors (Lipinski definition) is 3. The molecule has 0 heterocycles. The second-order valence-corrected chi connectivity index (χ2v) is 6.18. The zero-order valence-electron chi connectivity index (χ0n) is 12.9. The Balaban J connectivity index is 1.69. The third-order valence-electron chi connectivity index (χ3n) is 3.90. The van der Waals surface area contributed by atoms with Crippen LogP contribution in [-0.2, 0) is 4.79 Å². The van der Waals surface area contributed by atoms with Gasteiger partial charge in [0.1, 0.15) is 11.3 Å². The summed E-state index contributed by atoms with van der Waals surface area (Å²) in [6.45, 7) is 4.45. The molecule has 0 saturated heterocycles. The Hall–Kier alpha value is -1.55. The highest BCUT2D eigenvalue weighted by molar-refractivity contribution is 5.78. The lowest BCUT2D eigenvalue weighted by molar-refractivity contribution is -0.144. The predicted octanol–water partition coefficient (Wildman–Crippen LogP) is 3.14. The molecule has 2 rings (SSSR count). The zero-order chi connectivity index (χ0) is 15.3. The average molecular weight is 291 g/mol. The number of carboxylic acid groups (broad SMARTS) is 1. The second-order valence-electron chi connectivity index (χ2n) is 6.18. The van der Waals surface area contributed by atoms with Crippen LogP contribution in [0, 0.1) is 6.92 Å². The second kappa shape index (κ2) is 6.94. The molecule has 1 aliphatic rings. The minimum Gasteiger partial charge on any atom is -0.494 e. The van der Waals surface area contributed by atoms with E-state index < -0.39 is 11.5 Å². The Morgan fingerprint density at radius 2 is 2.19 bits per heavy atom. The minimum absolute atomic E-state index is 0.398. The maximum Gasteiger partial charge on any atom is 0.323 e. The molecule has 0 aromatic heterocycles. The number of unbranched alkanes of at least 4 members (excludes halogenated alkanes) is 1. The summed E-state index contributed by atoms with van der Waals surface area (Å²) in [5, 5.41) is 12.6. The first kappa shape index (κ1) is 15.8. The molecule has 2 N–H and O–H groups in total. The van der Waals surface area contributed by atoms with Crippen molar-refractivity contribution in [2.24, 2.45) is 0 Å². The molecular weight excluding hydrogens is 266 g/mol. The number of ether oxygens (including phenoxy) is 1. The van der Waals surface area contributed by atoms with Crippen molar-refractivity contribution in [1.82, 2.24) is 5.32 Å². The van der Waals surface area contributed by atoms with Crippen LogP contribution in [0.25, 0.3) is 0 Å². The summed E-state index contributed by atoms with van der Waals surface area (Å²) < 4.78 is 5.69. The molecule has 0 aliphatic heterocycles. The monoisotopic (exact) mass is 291 g/mol. The van der Waals surface area contributed by atoms with Crippen molar-refractivity contribution in [3.8, 4) is 5.75 Å². The summed E-state index contributed by atoms with van der Waals surface area (Å²) in [5.41, 5.74) is 0.379. The number of carboxylic acids is 1. The number of benzene rings is 1. The van der Waals surface area contributed by atoms with Gasteiger partial charge in [0, 0.05) is 6.04 Å². The van der Waals surface area contributed by atoms with Crippen molar-refractivity contribution < 1.29 is 14.6 Å². The van der Waals surface area contributed by atoms with Crippen molar-refractivity contribution >= 4 is 5.97 Å². The number of rotatable bonds is 9. The molecule has 0 radical (unpaired) electrons. The van der Waals surface area contributed by atoms with E-state index in [2.05, 4.69) is 5.32 Å². The van der Waals surface area contributed by atoms with E-state index in [0.717, 1.165) is 31.4 Å². The summed E-state index contributed by atoms with van der Waals surface area (Å²) in [5.74, 6) is 0.126. The van der Waals surface area contributed by atoms with Crippen molar-refractivity contribution in [2.45, 2.75) is 57.5 Å². The number of carbonyl (C=O) groups is 1. The summed E-state index contributed by atoms with van der Waals surface area (Å²) in [6, 6.07) is 8.37. The van der Waals surface area contributed by atoms with Gasteiger partial charge >= 0.3 is 5.97 Å². The molecule has 1 aromatic rings. The molecule has 0 amide bonds. The van der Waals surface area contributed by atoms with Gasteiger partial charge < -0.3 is 9.84 Å². The molecule has 0 bridgehead atoms. The molecule has 1 atom stereocenters. The average Bonchev–Trinajstić information content (AvgIpc) is 3.22. The van der Waals surface area contributed by atoms with Gasteiger partial charge in [0.05, 0.1) is 6.61 Å². The van der Waals surface area contributed by atoms with Crippen LogP contribution in [-0.4, -0.2) is 29.3 Å². The fourth-order valence-corrected chi connectivity index (χ4v) is 2.39. The van der Waals surface area contributed by atoms with Gasteiger partial charge in [-0.3, -0.25) is 10.1 Å². The van der Waals surface area contributed by atoms with Crippen LogP contribution >= 0.6 is 0 Å². The van der Waals surface area contributed by atoms with Crippen LogP contribution in [0.2, 0.25) is 0 Å². The van der Waals surface area contributed by atoms with Gasteiger partial charge in [0.15, 0.2) is 0 Å². The van der Waals surface area contributed by atoms with Gasteiger partial charge in [0.2, 0.25) is 0 Å². The normalized spacial score (nSPS) is 17.2. The van der Waals surface area contributed by atoms with Gasteiger partial charge in [0.25, 0.3) is 0 Å². The SMILES string of the molecule is Cc1cccc(OCCCCC(C)(NC2CC2)C(=O)O)c1. The summed E-state index contributed by atoms with van der Waals surface area (Å²) in [6.07, 6.45) is 4.53. The van der Waals surface area contributed by atoms with E-state index in [4.69, 9.17) is 4.74 Å². The Labute approximate surface area is 126 Å². The molecule has 4 heteroatoms. The first-order valence-corrected chi connectivity index (χ1v) is 7.70. The van der Waals surface area contributed by atoms with E-state index in [1.165, 1.54) is 5.56 Å². The van der Waals surface area contributed by atoms with Crippen LogP contribution in [0.1, 0.15) is 44.6 Å². The Kier molecular flexibility index (Phi) is 5.23. The Bertz CT molecular complexity index is 485. The minimum atomic E-state index is -0.801. The van der Waals surface area contributed by atoms with E-state index in [9.17, 15) is 9.90 Å². The predicted molar refractivity (Wildman–Crippen MR) is 82.7 cm³/mol. The highest BCUT2D eigenvalue weighted by Crippen LogP contribution is 2.25. The standard InChI is InChI=1S/C17H25NO3/c1-13-6-5-7-15(12-13)21-11-4-3-10-17(2,16(19)20)18-14-8-9-14/h5-7,12,14,18H,3-4,8-11H2,1-2H3,(H,19,20). The van der Waals surface area contributed by atoms with Gasteiger partial charge in [-0.15, -0.1) is 0 Å². The molecule has 1 aliphatic carbocycles. The molecule has 116 valence electrons. The summed E-state index contributed by atoms with van der Waals surface area (Å²) >= 11 is 0. The first-order valence-electron chi connectivity index (χ1n) is 7.70. The molecule has 1 aromatic carbocycles. The van der Waals surface area contributed by atoms with E-state index in [0.29, 0.717) is 19.1 Å². The lowest BCUT2D eigenvalue weighted by Crippen LogP contribution is -2.50. The molecule has 21 heavy (non-hydrogen) atoms. The smallest absolute Gasteiger partial charge is 0.323 e. The van der Waals surface area contributed by atoms with Crippen molar-refractivity contribution in [1.29, 1.82) is 0 Å². The van der Waals surface area contributed by atoms with Crippen LogP contribution in [0.3, 0.4) is 0 Å². The van der Waals surface area contributed by atoms with Crippen LogP contribution in [0.15, 0.2) is 24.3 Å². The Morgan fingerprint density at radius 3 is 2.81 bits per heavy atom. The zero-order valence-corrected chi connectivity index (χ0v) is 12.9. The van der Waals surface area contributed by atoms with E-state index in [1.807, 2.05) is 31.2 Å². The third-order valence-corrected chi connectivity index (χ3v) is 3.90. The van der Waals surface area contributed by atoms with Gasteiger partial charge in [-0.05, 0) is 63.6 Å². The number of aryl methyl sites for hydroxylation is 1. The lowest BCUT2D eigenvalue weighted by Gasteiger charge is -2.26. The van der Waals surface area contributed by atoms with E-state index in [1.54, 1.807) is 6.92 Å². The quantitative estimate of drug-likeness (QED) is 0.686. The number of nitrogens with one attached hydrogen (secondary N) is 1. The van der Waals surface area contributed by atoms with Crippen LogP contribution in [0.4, 0.5) is 0 Å². The van der Waals surface area contributed by atoms with Gasteiger partial charge in [-0.25, -0.2) is 0 Å². The van der Waals surface area contributed by atoms with Gasteiger partial charge in [-0.1, -0.05) is 12.1 Å². The summed E-state index contributed by atoms with van der Waals surface area (Å²) in [4.78, 5) is 11.4. The third kappa shape index (κ3) is 5.05. The molecule has 0 spiro atoms. The molecular formula is C17H25NO3. The molecule has 1 unspecified atom stereocenters. The lowest BCUT2D eigenvalue weighted by atomic mass is 9.95. The first-order chi connectivity index (χ1) is 9.99. The van der Waals surface area contributed by atoms with Crippen LogP contribution in [0.5, 0.6) is 5.75 Å². The van der Waals surface area contributed by atoms with Crippen molar-refractivity contribution in [3.63, 3.8) is 0 Å². The Morgan fingerprint density at radius 1 is 1.43 bits per heavy atom. The topological polar surface area (TPSA) is 58.6 Å². The summed E-state index contributed by atoms with van der Waals surface area (Å²) in [7, 11) is 0. The molecule has 1 fully saturated rings.